The Morgan fingerprint density at radius 1 is 1.32 bits per heavy atom. The van der Waals surface area contributed by atoms with Gasteiger partial charge in [-0.3, -0.25) is 4.98 Å². The highest BCUT2D eigenvalue weighted by atomic mass is 16.4. The maximum Gasteiger partial charge on any atom is 0.336 e. The average molecular weight is 294 g/mol. The van der Waals surface area contributed by atoms with Gasteiger partial charge in [0.2, 0.25) is 0 Å². The van der Waals surface area contributed by atoms with Crippen molar-refractivity contribution in [3.8, 4) is 0 Å². The molecule has 3 aromatic rings. The molecule has 0 radical (unpaired) electrons. The largest absolute Gasteiger partial charge is 0.478 e. The van der Waals surface area contributed by atoms with E-state index < -0.39 is 5.97 Å². The quantitative estimate of drug-likeness (QED) is 0.799. The van der Waals surface area contributed by atoms with Crippen molar-refractivity contribution in [1.82, 2.24) is 19.7 Å². The van der Waals surface area contributed by atoms with Crippen LogP contribution < -0.4 is 0 Å². The van der Waals surface area contributed by atoms with E-state index in [1.807, 2.05) is 12.1 Å². The topological polar surface area (TPSA) is 80.9 Å². The predicted molar refractivity (Wildman–Crippen MR) is 79.8 cm³/mol. The molecule has 1 aliphatic rings. The van der Waals surface area contributed by atoms with Crippen LogP contribution in [0.15, 0.2) is 36.8 Å². The molecule has 0 atom stereocenters. The predicted octanol–water partition coefficient (Wildman–Crippen LogP) is 2.45. The number of pyridine rings is 2. The lowest BCUT2D eigenvalue weighted by atomic mass is 10.1. The van der Waals surface area contributed by atoms with Crippen molar-refractivity contribution in [2.24, 2.45) is 0 Å². The number of carbonyl (C=O) groups is 1. The molecule has 110 valence electrons. The molecule has 0 amide bonds. The minimum atomic E-state index is -0.933. The molecule has 0 aromatic carbocycles. The Labute approximate surface area is 126 Å². The zero-order valence-corrected chi connectivity index (χ0v) is 11.8. The van der Waals surface area contributed by atoms with Crippen LogP contribution in [0.2, 0.25) is 0 Å². The normalized spacial score (nSPS) is 14.4. The van der Waals surface area contributed by atoms with Gasteiger partial charge in [-0.25, -0.2) is 14.5 Å². The summed E-state index contributed by atoms with van der Waals surface area (Å²) >= 11 is 0. The van der Waals surface area contributed by atoms with Crippen molar-refractivity contribution < 1.29 is 9.90 Å². The molecule has 0 aliphatic heterocycles. The third-order valence-electron chi connectivity index (χ3n) is 3.94. The van der Waals surface area contributed by atoms with E-state index in [9.17, 15) is 9.90 Å². The van der Waals surface area contributed by atoms with E-state index in [0.717, 1.165) is 24.1 Å². The van der Waals surface area contributed by atoms with Crippen LogP contribution in [0.25, 0.3) is 11.0 Å². The van der Waals surface area contributed by atoms with E-state index in [1.165, 1.54) is 0 Å². The molecule has 0 bridgehead atoms. The molecular weight excluding hydrogens is 280 g/mol. The van der Waals surface area contributed by atoms with Crippen LogP contribution in [0.1, 0.15) is 40.4 Å². The minimum Gasteiger partial charge on any atom is -0.478 e. The van der Waals surface area contributed by atoms with Crippen LogP contribution >= 0.6 is 0 Å². The summed E-state index contributed by atoms with van der Waals surface area (Å²) in [6.07, 6.45) is 7.20. The molecule has 1 aliphatic carbocycles. The lowest BCUT2D eigenvalue weighted by Gasteiger charge is -2.06. The van der Waals surface area contributed by atoms with E-state index in [2.05, 4.69) is 15.1 Å². The standard InChI is InChI=1S/C16H14N4O2/c21-16(22)12-7-14(11-1-2-11)19-15-13(12)8-18-20(15)9-10-3-5-17-6-4-10/h3-8,11H,1-2,9H2,(H,21,22). The number of carboxylic acid groups (broad SMARTS) is 1. The Morgan fingerprint density at radius 2 is 2.09 bits per heavy atom. The van der Waals surface area contributed by atoms with Crippen molar-refractivity contribution in [3.63, 3.8) is 0 Å². The van der Waals surface area contributed by atoms with Crippen molar-refractivity contribution in [2.45, 2.75) is 25.3 Å². The van der Waals surface area contributed by atoms with Gasteiger partial charge >= 0.3 is 5.97 Å². The molecule has 3 aromatic heterocycles. The van der Waals surface area contributed by atoms with Crippen LogP contribution in [0.3, 0.4) is 0 Å². The van der Waals surface area contributed by atoms with Crippen molar-refractivity contribution in [2.75, 3.05) is 0 Å². The lowest BCUT2D eigenvalue weighted by molar-refractivity contribution is 0.0699. The Kier molecular flexibility index (Phi) is 2.89. The summed E-state index contributed by atoms with van der Waals surface area (Å²) < 4.78 is 1.75. The summed E-state index contributed by atoms with van der Waals surface area (Å²) in [7, 11) is 0. The van der Waals surface area contributed by atoms with Gasteiger partial charge in [-0.05, 0) is 36.6 Å². The van der Waals surface area contributed by atoms with E-state index >= 15 is 0 Å². The number of fused-ring (bicyclic) bond motifs is 1. The van der Waals surface area contributed by atoms with E-state index in [-0.39, 0.29) is 5.56 Å². The van der Waals surface area contributed by atoms with E-state index in [1.54, 1.807) is 29.3 Å². The first-order valence-corrected chi connectivity index (χ1v) is 7.21. The number of hydrogen-bond acceptors (Lipinski definition) is 4. The molecule has 22 heavy (non-hydrogen) atoms. The van der Waals surface area contributed by atoms with E-state index in [4.69, 9.17) is 0 Å². The van der Waals surface area contributed by atoms with Crippen LogP contribution in [0, 0.1) is 0 Å². The summed E-state index contributed by atoms with van der Waals surface area (Å²) in [4.78, 5) is 20.2. The third-order valence-corrected chi connectivity index (χ3v) is 3.94. The zero-order valence-electron chi connectivity index (χ0n) is 11.8. The molecule has 3 heterocycles. The SMILES string of the molecule is O=C(O)c1cc(C2CC2)nc2c1cnn2Cc1ccncc1. The molecule has 1 saturated carbocycles. The minimum absolute atomic E-state index is 0.285. The second-order valence-corrected chi connectivity index (χ2v) is 5.57. The summed E-state index contributed by atoms with van der Waals surface area (Å²) in [6.45, 7) is 0.548. The van der Waals surface area contributed by atoms with Gasteiger partial charge < -0.3 is 5.11 Å². The average Bonchev–Trinajstić information content (AvgIpc) is 3.30. The van der Waals surface area contributed by atoms with Gasteiger partial charge in [-0.15, -0.1) is 0 Å². The van der Waals surface area contributed by atoms with E-state index in [0.29, 0.717) is 23.5 Å². The van der Waals surface area contributed by atoms with Gasteiger partial charge in [0, 0.05) is 24.0 Å². The van der Waals surface area contributed by atoms with Gasteiger partial charge in [0.25, 0.3) is 0 Å². The number of rotatable bonds is 4. The van der Waals surface area contributed by atoms with Crippen LogP contribution in [0.5, 0.6) is 0 Å². The fourth-order valence-corrected chi connectivity index (χ4v) is 2.61. The van der Waals surface area contributed by atoms with Gasteiger partial charge in [0.1, 0.15) is 0 Å². The molecule has 1 N–H and O–H groups in total. The highest BCUT2D eigenvalue weighted by molar-refractivity contribution is 6.01. The highest BCUT2D eigenvalue weighted by Crippen LogP contribution is 2.40. The van der Waals surface area contributed by atoms with Crippen LogP contribution in [0.4, 0.5) is 0 Å². The second-order valence-electron chi connectivity index (χ2n) is 5.57. The summed E-state index contributed by atoms with van der Waals surface area (Å²) in [5, 5.41) is 14.3. The first-order valence-electron chi connectivity index (χ1n) is 7.21. The summed E-state index contributed by atoms with van der Waals surface area (Å²) in [5.74, 6) is -0.537. The highest BCUT2D eigenvalue weighted by Gasteiger charge is 2.27. The molecule has 6 heteroatoms. The van der Waals surface area contributed by atoms with Gasteiger partial charge in [-0.2, -0.15) is 5.10 Å². The maximum absolute atomic E-state index is 11.5. The van der Waals surface area contributed by atoms with Gasteiger partial charge in [0.15, 0.2) is 5.65 Å². The smallest absolute Gasteiger partial charge is 0.336 e. The number of nitrogens with zero attached hydrogens (tertiary/aromatic N) is 4. The number of hydrogen-bond donors (Lipinski definition) is 1. The van der Waals surface area contributed by atoms with Gasteiger partial charge in [0.05, 0.1) is 23.7 Å². The molecular formula is C16H14N4O2. The van der Waals surface area contributed by atoms with Crippen LogP contribution in [-0.2, 0) is 6.54 Å². The number of aromatic carboxylic acids is 1. The Bertz CT molecular complexity index is 853. The van der Waals surface area contributed by atoms with Crippen molar-refractivity contribution >= 4 is 17.0 Å². The van der Waals surface area contributed by atoms with Crippen molar-refractivity contribution in [3.05, 3.63) is 53.6 Å². The molecule has 0 spiro atoms. The van der Waals surface area contributed by atoms with Crippen LogP contribution in [-0.4, -0.2) is 30.8 Å². The first-order chi connectivity index (χ1) is 10.7. The summed E-state index contributed by atoms with van der Waals surface area (Å²) in [6, 6.07) is 5.52. The maximum atomic E-state index is 11.5. The fraction of sp³-hybridized carbons (Fsp3) is 0.250. The molecule has 1 fully saturated rings. The van der Waals surface area contributed by atoms with Gasteiger partial charge in [-0.1, -0.05) is 0 Å². The lowest BCUT2D eigenvalue weighted by Crippen LogP contribution is -2.05. The molecule has 6 nitrogen and oxygen atoms in total. The Hall–Kier alpha value is -2.76. The Morgan fingerprint density at radius 3 is 2.77 bits per heavy atom. The third kappa shape index (κ3) is 2.22. The second kappa shape index (κ2) is 4.91. The molecule has 0 saturated heterocycles. The molecule has 0 unspecified atom stereocenters. The number of aromatic nitrogens is 4. The monoisotopic (exact) mass is 294 g/mol. The zero-order chi connectivity index (χ0) is 15.1. The molecule has 4 rings (SSSR count). The van der Waals surface area contributed by atoms with Crippen molar-refractivity contribution in [1.29, 1.82) is 0 Å². The number of carboxylic acids is 1. The first kappa shape index (κ1) is 12.9. The summed E-state index contributed by atoms with van der Waals surface area (Å²) in [5.41, 5.74) is 2.84. The Balaban J connectivity index is 1.84. The fourth-order valence-electron chi connectivity index (χ4n) is 2.61.